The Morgan fingerprint density at radius 2 is 1.28 bits per heavy atom. The van der Waals surface area contributed by atoms with Crippen molar-refractivity contribution in [2.24, 2.45) is 20.5 Å². The molecule has 36 heteroatoms. The van der Waals surface area contributed by atoms with Crippen LogP contribution >= 0.6 is 66.1 Å². The number of nitrogen functional groups attached to an aromatic ring is 1. The second-order valence-electron chi connectivity index (χ2n) is 26.7. The number of hydrogen-bond donors (Lipinski definition) is 8. The number of ketones is 3. The number of halogens is 4. The largest absolute Gasteiger partial charge is 0.504 e. The number of piperidine rings is 1. The predicted octanol–water partition coefficient (Wildman–Crippen LogP) is 17.5. The number of carbonyl (C=O) groups is 5. The first-order valence-electron chi connectivity index (χ1n) is 34.6. The summed E-state index contributed by atoms with van der Waals surface area (Å²) in [6.07, 6.45) is 4.33. The fourth-order valence-electron chi connectivity index (χ4n) is 12.1. The molecule has 600 valence electrons. The average Bonchev–Trinajstić information content (AvgIpc) is 0.756. The molecular weight excluding hydrogens is 1820 g/mol. The summed E-state index contributed by atoms with van der Waals surface area (Å²) in [6.45, 7) is 11.1. The zero-order valence-corrected chi connectivity index (χ0v) is 70.7. The number of nitrogens with two attached hydrogens (primary N) is 1. The predicted molar refractivity (Wildman–Crippen MR) is 458 cm³/mol. The van der Waals surface area contributed by atoms with Crippen molar-refractivity contribution in [3.05, 3.63) is 238 Å². The van der Waals surface area contributed by atoms with E-state index in [1.54, 1.807) is 75.0 Å². The number of Topliss-reactive ketones (excluding diaryl/α,β-unsaturated/α-hetero) is 3. The van der Waals surface area contributed by atoms with Crippen molar-refractivity contribution in [2.75, 3.05) is 36.6 Å². The zero-order chi connectivity index (χ0) is 84.5. The number of hydroxylamine groups is 2. The van der Waals surface area contributed by atoms with Gasteiger partial charge in [0, 0.05) is 77.2 Å². The summed E-state index contributed by atoms with van der Waals surface area (Å²) >= 11 is 14.9. The number of methoxy groups -OCH3 is 1. The van der Waals surface area contributed by atoms with Crippen molar-refractivity contribution in [1.29, 1.82) is 0 Å². The molecule has 116 heavy (non-hydrogen) atoms. The lowest BCUT2D eigenvalue weighted by Crippen LogP contribution is -2.69. The SMILES string of the molecule is CC(=O)c1nccc2ccccc12.CC1(C)C(Br)C(=O)C(Br)C(C)(C)N1O.CCOC(=O)CNc1c2ccc(Cl)cc2nc2ccc(OC)cc12.Nc1cc(I)c2cccnc2c1O.O=C(Nc1ccc(N=Nc2ccc3cc(S(=O)(=O)O)cc(S(=O)(=O)O)c3c2)cc1)c1ccc(N=NC2C=C(S(=O)(=O)O)c3ccccc3C2=O)cc1. The standard InChI is InChI=1S/C33H23N5O11S3.C18H17ClN2O3.C11H9NO.C9H15Br2NO2.C9H7IN2O/c39-32-27-4-2-1-3-26(27)31(52(47,48)49)18-29(32)38-36-22-8-5-19(6-9-22)33(40)34-21-11-13-23(14-12-21)35-37-24-10-7-20-15-25(50(41,42)43)17-30(28(20)16-24)51(44,45)46;1-3-24-17(22)10-20-18-13-6-4-11(19)8-16(13)21-15-7-5-12(23-2)9-14(15)18;1-8(13)11-10-5-3-2-4-9(10)6-7-12-11;1-8(2)6(10)5(13)7(11)9(3,4)12(8)14;10-6-4-7(11)9(13)8-5(6)2-1-3-12-8/h1-18,29H,(H,34,40)(H,41,42,43)(H,44,45,46)(H,47,48,49);4-9H,3,10H2,1-2H3,(H,20,21);2-7H,1H3;6-7,14H,1-4H3;1-4,13H,11H2. The molecule has 1 aliphatic heterocycles. The number of anilines is 3. The molecule has 1 amide bonds. The van der Waals surface area contributed by atoms with Gasteiger partial charge in [-0.05, 0) is 201 Å². The van der Waals surface area contributed by atoms with Crippen LogP contribution in [-0.2, 0) is 44.7 Å². The quantitative estimate of drug-likeness (QED) is 0.00544. The van der Waals surface area contributed by atoms with Crippen molar-refractivity contribution >= 4 is 219 Å². The third kappa shape index (κ3) is 20.6. The first-order chi connectivity index (χ1) is 54.7. The summed E-state index contributed by atoms with van der Waals surface area (Å²) < 4.78 is 111. The van der Waals surface area contributed by atoms with Gasteiger partial charge in [-0.2, -0.15) is 50.8 Å². The van der Waals surface area contributed by atoms with E-state index in [4.69, 9.17) is 26.8 Å². The Balaban J connectivity index is 0.000000180. The summed E-state index contributed by atoms with van der Waals surface area (Å²) in [7, 11) is -12.7. The highest BCUT2D eigenvalue weighted by Gasteiger charge is 2.55. The van der Waals surface area contributed by atoms with Gasteiger partial charge in [-0.3, -0.25) is 47.6 Å². The Labute approximate surface area is 700 Å². The summed E-state index contributed by atoms with van der Waals surface area (Å²) in [4.78, 5) is 70.7. The van der Waals surface area contributed by atoms with Gasteiger partial charge < -0.3 is 36.2 Å². The Hall–Kier alpha value is -10.6. The van der Waals surface area contributed by atoms with Crippen LogP contribution in [0.25, 0.3) is 59.2 Å². The van der Waals surface area contributed by atoms with E-state index in [0.717, 1.165) is 65.1 Å². The van der Waals surface area contributed by atoms with Gasteiger partial charge in [-0.25, -0.2) is 4.98 Å². The van der Waals surface area contributed by atoms with Gasteiger partial charge in [0.1, 0.15) is 33.3 Å². The maximum Gasteiger partial charge on any atom is 0.325 e. The number of nitrogens with one attached hydrogen (secondary N) is 2. The lowest BCUT2D eigenvalue weighted by molar-refractivity contribution is -0.231. The molecule has 3 unspecified atom stereocenters. The van der Waals surface area contributed by atoms with Gasteiger partial charge in [0.25, 0.3) is 36.3 Å². The molecule has 3 aromatic heterocycles. The van der Waals surface area contributed by atoms with E-state index in [2.05, 4.69) is 100 Å². The summed E-state index contributed by atoms with van der Waals surface area (Å²) in [5, 5.41) is 48.2. The Morgan fingerprint density at radius 3 is 1.93 bits per heavy atom. The number of benzene rings is 9. The number of esters is 1. The smallest absolute Gasteiger partial charge is 0.325 e. The van der Waals surface area contributed by atoms with Crippen LogP contribution in [0.3, 0.4) is 0 Å². The van der Waals surface area contributed by atoms with Gasteiger partial charge in [-0.1, -0.05) is 104 Å². The fourth-order valence-corrected chi connectivity index (χ4v) is 16.4. The summed E-state index contributed by atoms with van der Waals surface area (Å²) in [5.74, 6) is -0.416. The molecule has 2 aliphatic rings. The van der Waals surface area contributed by atoms with E-state index in [-0.39, 0.29) is 78.3 Å². The van der Waals surface area contributed by atoms with Crippen LogP contribution in [0.4, 0.5) is 34.1 Å². The minimum Gasteiger partial charge on any atom is -0.504 e. The van der Waals surface area contributed by atoms with Gasteiger partial charge >= 0.3 is 5.97 Å². The topological polar surface area (TPSA) is 449 Å². The van der Waals surface area contributed by atoms with Crippen LogP contribution in [0.15, 0.2) is 237 Å². The molecule has 3 atom stereocenters. The lowest BCUT2D eigenvalue weighted by atomic mass is 9.81. The number of azo groups is 2. The summed E-state index contributed by atoms with van der Waals surface area (Å²) in [6, 6.07) is 48.6. The van der Waals surface area contributed by atoms with Crippen LogP contribution in [-0.4, -0.2) is 146 Å². The number of carbonyl (C=O) groups excluding carboxylic acids is 5. The number of hydrogen-bond acceptors (Lipinski definition) is 25. The number of alkyl halides is 2. The van der Waals surface area contributed by atoms with Gasteiger partial charge in [0.05, 0.1) is 78.8 Å². The monoisotopic (exact) mass is 1890 g/mol. The maximum atomic E-state index is 12.9. The van der Waals surface area contributed by atoms with Crippen LogP contribution in [0.2, 0.25) is 5.02 Å². The van der Waals surface area contributed by atoms with Crippen LogP contribution < -0.4 is 21.1 Å². The van der Waals surface area contributed by atoms with Gasteiger partial charge in [0.15, 0.2) is 29.1 Å². The molecule has 0 saturated carbocycles. The number of aromatic hydroxyl groups is 1. The van der Waals surface area contributed by atoms with Crippen LogP contribution in [0.1, 0.15) is 78.3 Å². The molecule has 4 heterocycles. The number of pyridine rings is 3. The van der Waals surface area contributed by atoms with Gasteiger partial charge in [-0.15, -0.1) is 0 Å². The molecule has 0 radical (unpaired) electrons. The number of nitrogens with zero attached hydrogens (tertiary/aromatic N) is 8. The molecule has 1 fully saturated rings. The Morgan fingerprint density at radius 1 is 0.655 bits per heavy atom. The summed E-state index contributed by atoms with van der Waals surface area (Å²) in [5.41, 5.74) is 9.82. The minimum absolute atomic E-state index is 0.0109. The van der Waals surface area contributed by atoms with Crippen LogP contribution in [0.5, 0.6) is 11.5 Å². The molecule has 29 nitrogen and oxygen atoms in total. The number of aromatic nitrogens is 3. The Kier molecular flexibility index (Phi) is 27.8. The molecule has 1 aliphatic carbocycles. The third-order valence-electron chi connectivity index (χ3n) is 17.9. The zero-order valence-electron chi connectivity index (χ0n) is 62.2. The minimum atomic E-state index is -4.88. The molecule has 0 bridgehead atoms. The number of fused-ring (bicyclic) bond motifs is 6. The number of rotatable bonds is 15. The first kappa shape index (κ1) is 87.8. The first-order valence-corrected chi connectivity index (χ1v) is 42.2. The maximum absolute atomic E-state index is 12.9. The van der Waals surface area contributed by atoms with E-state index in [1.165, 1.54) is 72.7 Å². The molecule has 12 aromatic rings. The van der Waals surface area contributed by atoms with E-state index in [0.29, 0.717) is 46.0 Å². The number of phenolic OH excluding ortho intramolecular Hbond substituents is 1. The highest BCUT2D eigenvalue weighted by Crippen LogP contribution is 2.43. The number of ether oxygens (including phenoxy) is 2. The third-order valence-corrected chi connectivity index (χ3v) is 24.8. The molecule has 9 N–H and O–H groups in total. The second-order valence-corrected chi connectivity index (χ2v) is 34.3. The van der Waals surface area contributed by atoms with E-state index >= 15 is 0 Å². The van der Waals surface area contributed by atoms with Crippen molar-refractivity contribution in [2.45, 2.75) is 78.1 Å². The molecule has 1 saturated heterocycles. The van der Waals surface area contributed by atoms with E-state index in [1.807, 2.05) is 94.4 Å². The number of amides is 1. The van der Waals surface area contributed by atoms with E-state index < -0.39 is 73.9 Å². The van der Waals surface area contributed by atoms with Crippen molar-refractivity contribution in [1.82, 2.24) is 20.0 Å². The average molecular weight is 1890 g/mol. The molecule has 9 aromatic carbocycles. The van der Waals surface area contributed by atoms with Crippen molar-refractivity contribution in [3.63, 3.8) is 0 Å². The van der Waals surface area contributed by atoms with Gasteiger partial charge in [0.2, 0.25) is 0 Å². The fraction of sp³-hybridized carbons (Fsp3) is 0.175. The Bertz CT molecular complexity index is 6300. The molecular formula is C80H71Br2ClIN11O18S3. The van der Waals surface area contributed by atoms with Crippen molar-refractivity contribution in [3.8, 4) is 11.5 Å². The van der Waals surface area contributed by atoms with E-state index in [9.17, 15) is 73.2 Å². The normalized spacial score (nSPS) is 15.9. The molecule has 0 spiro atoms. The number of phenols is 1. The van der Waals surface area contributed by atoms with Crippen LogP contribution in [0, 0.1) is 3.57 Å². The molecule has 14 rings (SSSR count). The highest BCUT2D eigenvalue weighted by atomic mass is 127. The lowest BCUT2D eigenvalue weighted by Gasteiger charge is -2.52. The highest BCUT2D eigenvalue weighted by molar-refractivity contribution is 14.1. The second kappa shape index (κ2) is 36.7. The van der Waals surface area contributed by atoms with Crippen molar-refractivity contribution < 1.29 is 82.7 Å².